The first-order valence-electron chi connectivity index (χ1n) is 10.7. The third-order valence-corrected chi connectivity index (χ3v) is 5.73. The molecular formula is C24H24N4O6. The van der Waals surface area contributed by atoms with Crippen molar-refractivity contribution in [3.8, 4) is 11.1 Å². The fourth-order valence-electron chi connectivity index (χ4n) is 4.07. The van der Waals surface area contributed by atoms with Crippen LogP contribution in [0.2, 0.25) is 0 Å². The van der Waals surface area contributed by atoms with Crippen LogP contribution in [-0.2, 0) is 20.7 Å². The lowest BCUT2D eigenvalue weighted by molar-refractivity contribution is -0.143. The topological polar surface area (TPSA) is 154 Å². The van der Waals surface area contributed by atoms with Gasteiger partial charge in [-0.3, -0.25) is 4.79 Å². The number of carbonyl (C=O) groups is 3. The number of H-pyrrole nitrogens is 1. The Morgan fingerprint density at radius 3 is 2.21 bits per heavy atom. The number of rotatable bonds is 9. The summed E-state index contributed by atoms with van der Waals surface area (Å²) >= 11 is 0. The van der Waals surface area contributed by atoms with Crippen LogP contribution in [-0.4, -0.2) is 63.4 Å². The second kappa shape index (κ2) is 10.2. The normalized spacial score (nSPS) is 13.9. The Labute approximate surface area is 195 Å². The number of alkyl carbamates (subject to hydrolysis) is 1. The number of hydrogen-bond acceptors (Lipinski definition) is 6. The first kappa shape index (κ1) is 23.0. The molecule has 1 heterocycles. The van der Waals surface area contributed by atoms with Crippen molar-refractivity contribution in [1.29, 1.82) is 0 Å². The standard InChI is InChI=1S/C24H24N4O6/c29-11-21(23(31)32)27-22(30)20(9-14-10-25-13-26-14)28-24(33)34-12-19-17-7-3-1-5-15(17)16-6-2-4-8-18(16)19/h1-8,10,13,19-21,29H,9,11-12H2,(H,25,26)(H,27,30)(H,28,33)(H,31,32)/t20?,21-/m1/s1. The van der Waals surface area contributed by atoms with E-state index < -0.39 is 36.7 Å². The minimum absolute atomic E-state index is 0.0216. The number of amides is 2. The number of nitrogens with zero attached hydrogens (tertiary/aromatic N) is 1. The van der Waals surface area contributed by atoms with Gasteiger partial charge in [-0.1, -0.05) is 48.5 Å². The van der Waals surface area contributed by atoms with Crippen LogP contribution in [0.15, 0.2) is 61.1 Å². The molecule has 3 aromatic rings. The minimum Gasteiger partial charge on any atom is -0.480 e. The molecule has 10 heteroatoms. The van der Waals surface area contributed by atoms with Crippen LogP contribution in [0.25, 0.3) is 11.1 Å². The molecule has 4 rings (SSSR count). The van der Waals surface area contributed by atoms with Gasteiger partial charge in [-0.15, -0.1) is 0 Å². The Bertz CT molecular complexity index is 1130. The maximum absolute atomic E-state index is 12.7. The van der Waals surface area contributed by atoms with Crippen molar-refractivity contribution in [2.75, 3.05) is 13.2 Å². The summed E-state index contributed by atoms with van der Waals surface area (Å²) in [5, 5.41) is 23.0. The molecule has 0 bridgehead atoms. The number of aromatic nitrogens is 2. The van der Waals surface area contributed by atoms with E-state index >= 15 is 0 Å². The number of aliphatic carboxylic acids is 1. The molecule has 0 fully saturated rings. The van der Waals surface area contributed by atoms with Gasteiger partial charge in [-0.25, -0.2) is 14.6 Å². The van der Waals surface area contributed by atoms with Crippen molar-refractivity contribution in [3.63, 3.8) is 0 Å². The molecule has 0 saturated carbocycles. The molecule has 1 unspecified atom stereocenters. The van der Waals surface area contributed by atoms with E-state index in [1.165, 1.54) is 12.5 Å². The van der Waals surface area contributed by atoms with Gasteiger partial charge in [0.25, 0.3) is 0 Å². The van der Waals surface area contributed by atoms with Crippen LogP contribution in [0.4, 0.5) is 4.79 Å². The molecule has 0 radical (unpaired) electrons. The molecule has 1 aromatic heterocycles. The molecule has 176 valence electrons. The van der Waals surface area contributed by atoms with Gasteiger partial charge in [-0.2, -0.15) is 0 Å². The average molecular weight is 464 g/mol. The van der Waals surface area contributed by atoms with Crippen LogP contribution >= 0.6 is 0 Å². The Hall–Kier alpha value is -4.18. The lowest BCUT2D eigenvalue weighted by Gasteiger charge is -2.21. The third-order valence-electron chi connectivity index (χ3n) is 5.73. The molecular weight excluding hydrogens is 440 g/mol. The van der Waals surface area contributed by atoms with Gasteiger partial charge in [-0.05, 0) is 22.3 Å². The number of ether oxygens (including phenoxy) is 1. The summed E-state index contributed by atoms with van der Waals surface area (Å²) in [4.78, 5) is 43.2. The van der Waals surface area contributed by atoms with E-state index in [2.05, 4.69) is 20.6 Å². The van der Waals surface area contributed by atoms with E-state index in [0.29, 0.717) is 5.69 Å². The number of hydrogen-bond donors (Lipinski definition) is 5. The number of fused-ring (bicyclic) bond motifs is 3. The summed E-state index contributed by atoms with van der Waals surface area (Å²) in [6, 6.07) is 13.2. The molecule has 1 aliphatic rings. The molecule has 1 aliphatic carbocycles. The molecule has 2 amide bonds. The van der Waals surface area contributed by atoms with Crippen molar-refractivity contribution in [2.24, 2.45) is 0 Å². The van der Waals surface area contributed by atoms with Crippen LogP contribution in [0.1, 0.15) is 22.7 Å². The number of carboxylic acid groups (broad SMARTS) is 1. The number of carbonyl (C=O) groups excluding carboxylic acids is 2. The van der Waals surface area contributed by atoms with E-state index in [9.17, 15) is 19.5 Å². The van der Waals surface area contributed by atoms with E-state index in [1.807, 2.05) is 48.5 Å². The quantitative estimate of drug-likeness (QED) is 0.321. The van der Waals surface area contributed by atoms with Gasteiger partial charge in [0.1, 0.15) is 18.7 Å². The lowest BCUT2D eigenvalue weighted by Crippen LogP contribution is -2.53. The van der Waals surface area contributed by atoms with Crippen molar-refractivity contribution < 1.29 is 29.3 Å². The van der Waals surface area contributed by atoms with Gasteiger partial charge < -0.3 is 30.6 Å². The number of benzene rings is 2. The number of carboxylic acids is 1. The molecule has 0 aliphatic heterocycles. The second-order valence-corrected chi connectivity index (χ2v) is 7.89. The maximum Gasteiger partial charge on any atom is 0.407 e. The number of aromatic amines is 1. The molecule has 5 N–H and O–H groups in total. The monoisotopic (exact) mass is 464 g/mol. The summed E-state index contributed by atoms with van der Waals surface area (Å²) in [6.45, 7) is -0.727. The Balaban J connectivity index is 1.45. The van der Waals surface area contributed by atoms with E-state index in [0.717, 1.165) is 22.3 Å². The zero-order chi connectivity index (χ0) is 24.1. The first-order chi connectivity index (χ1) is 16.5. The largest absolute Gasteiger partial charge is 0.480 e. The van der Waals surface area contributed by atoms with Crippen molar-refractivity contribution in [2.45, 2.75) is 24.4 Å². The third kappa shape index (κ3) is 4.91. The molecule has 34 heavy (non-hydrogen) atoms. The van der Waals surface area contributed by atoms with Crippen molar-refractivity contribution >= 4 is 18.0 Å². The van der Waals surface area contributed by atoms with Crippen molar-refractivity contribution in [3.05, 3.63) is 77.9 Å². The van der Waals surface area contributed by atoms with Crippen LogP contribution in [0, 0.1) is 0 Å². The number of nitrogens with one attached hydrogen (secondary N) is 3. The SMILES string of the molecule is O=C(NC(Cc1cnc[nH]1)C(=O)N[C@H](CO)C(=O)O)OCC1c2ccccc2-c2ccccc21. The summed E-state index contributed by atoms with van der Waals surface area (Å²) < 4.78 is 5.50. The van der Waals surface area contributed by atoms with E-state index in [4.69, 9.17) is 9.84 Å². The highest BCUT2D eigenvalue weighted by Gasteiger charge is 2.31. The number of aliphatic hydroxyl groups is 1. The molecule has 0 saturated heterocycles. The van der Waals surface area contributed by atoms with Gasteiger partial charge in [0.2, 0.25) is 5.91 Å². The predicted molar refractivity (Wildman–Crippen MR) is 121 cm³/mol. The van der Waals surface area contributed by atoms with Gasteiger partial charge in [0, 0.05) is 24.2 Å². The van der Waals surface area contributed by atoms with Crippen LogP contribution in [0.5, 0.6) is 0 Å². The van der Waals surface area contributed by atoms with Gasteiger partial charge in [0.15, 0.2) is 0 Å². The summed E-state index contributed by atoms with van der Waals surface area (Å²) in [5.74, 6) is -2.31. The van der Waals surface area contributed by atoms with Crippen LogP contribution < -0.4 is 10.6 Å². The van der Waals surface area contributed by atoms with E-state index in [1.54, 1.807) is 0 Å². The molecule has 10 nitrogen and oxygen atoms in total. The fraction of sp³-hybridized carbons (Fsp3) is 0.250. The highest BCUT2D eigenvalue weighted by atomic mass is 16.5. The zero-order valence-electron chi connectivity index (χ0n) is 18.1. The second-order valence-electron chi connectivity index (χ2n) is 7.89. The molecule has 2 atom stereocenters. The number of aliphatic hydroxyl groups excluding tert-OH is 1. The summed E-state index contributed by atoms with van der Waals surface area (Å²) in [5.41, 5.74) is 4.83. The van der Waals surface area contributed by atoms with Gasteiger partial charge >= 0.3 is 12.1 Å². The molecule has 2 aromatic carbocycles. The fourth-order valence-corrected chi connectivity index (χ4v) is 4.07. The Kier molecular flexibility index (Phi) is 6.88. The van der Waals surface area contributed by atoms with Crippen molar-refractivity contribution in [1.82, 2.24) is 20.6 Å². The number of imidazole rings is 1. The first-order valence-corrected chi connectivity index (χ1v) is 10.7. The lowest BCUT2D eigenvalue weighted by atomic mass is 9.98. The zero-order valence-corrected chi connectivity index (χ0v) is 18.1. The van der Waals surface area contributed by atoms with E-state index in [-0.39, 0.29) is 18.9 Å². The summed E-state index contributed by atoms with van der Waals surface area (Å²) in [7, 11) is 0. The average Bonchev–Trinajstić information content (AvgIpc) is 3.46. The predicted octanol–water partition coefficient (Wildman–Crippen LogP) is 1.42. The highest BCUT2D eigenvalue weighted by Crippen LogP contribution is 2.44. The maximum atomic E-state index is 12.7. The smallest absolute Gasteiger partial charge is 0.407 e. The Morgan fingerprint density at radius 1 is 1.00 bits per heavy atom. The van der Waals surface area contributed by atoms with Crippen LogP contribution in [0.3, 0.4) is 0 Å². The Morgan fingerprint density at radius 2 is 1.65 bits per heavy atom. The van der Waals surface area contributed by atoms with Gasteiger partial charge in [0.05, 0.1) is 12.9 Å². The molecule has 0 spiro atoms. The highest BCUT2D eigenvalue weighted by molar-refractivity contribution is 5.89. The summed E-state index contributed by atoms with van der Waals surface area (Å²) in [6.07, 6.45) is 2.11. The minimum atomic E-state index is -1.50.